The summed E-state index contributed by atoms with van der Waals surface area (Å²) in [4.78, 5) is 0. The molecule has 0 heterocycles. The molecule has 0 bridgehead atoms. The van der Waals surface area contributed by atoms with Crippen molar-refractivity contribution in [2.75, 3.05) is 0 Å². The Hall–Kier alpha value is -2.85. The minimum absolute atomic E-state index is 0.694. The van der Waals surface area contributed by atoms with Gasteiger partial charge in [0, 0.05) is 0 Å². The van der Waals surface area contributed by atoms with Crippen LogP contribution < -0.4 is 0 Å². The van der Waals surface area contributed by atoms with E-state index in [1.807, 2.05) is 36.4 Å². The molecule has 1 heteroatoms. The summed E-state index contributed by atoms with van der Waals surface area (Å²) in [5, 5.41) is 11.9. The Kier molecular flexibility index (Phi) is 4.03. The van der Waals surface area contributed by atoms with Gasteiger partial charge < -0.3 is 0 Å². The molecule has 106 valence electrons. The monoisotopic (exact) mass is 283 g/mol. The van der Waals surface area contributed by atoms with Crippen molar-refractivity contribution in [1.29, 1.82) is 5.26 Å². The zero-order valence-corrected chi connectivity index (χ0v) is 12.6. The van der Waals surface area contributed by atoms with E-state index in [-0.39, 0.29) is 0 Å². The largest absolute Gasteiger partial charge is 0.192 e. The van der Waals surface area contributed by atoms with Gasteiger partial charge in [-0.25, -0.2) is 0 Å². The maximum atomic E-state index is 9.52. The second kappa shape index (κ2) is 6.28. The SMILES string of the molecule is CCc1ccc(/C(C#N)=C\c2cccc3ccccc23)cc1. The van der Waals surface area contributed by atoms with Crippen molar-refractivity contribution in [1.82, 2.24) is 0 Å². The summed E-state index contributed by atoms with van der Waals surface area (Å²) >= 11 is 0. The van der Waals surface area contributed by atoms with Crippen LogP contribution in [0.2, 0.25) is 0 Å². The summed E-state index contributed by atoms with van der Waals surface area (Å²) < 4.78 is 0. The summed E-state index contributed by atoms with van der Waals surface area (Å²) in [5.41, 5.74) is 4.02. The van der Waals surface area contributed by atoms with Gasteiger partial charge in [0.25, 0.3) is 0 Å². The third kappa shape index (κ3) is 2.77. The average molecular weight is 283 g/mol. The highest BCUT2D eigenvalue weighted by molar-refractivity contribution is 5.98. The molecule has 1 nitrogen and oxygen atoms in total. The molecule has 3 aromatic rings. The zero-order chi connectivity index (χ0) is 15.4. The number of nitrogens with zero attached hydrogens (tertiary/aromatic N) is 1. The quantitative estimate of drug-likeness (QED) is 0.462. The van der Waals surface area contributed by atoms with Crippen LogP contribution in [0, 0.1) is 11.3 Å². The van der Waals surface area contributed by atoms with Gasteiger partial charge in [-0.15, -0.1) is 0 Å². The maximum Gasteiger partial charge on any atom is 0.0998 e. The van der Waals surface area contributed by atoms with Gasteiger partial charge in [-0.3, -0.25) is 0 Å². The van der Waals surface area contributed by atoms with E-state index in [4.69, 9.17) is 0 Å². The molecule has 0 aliphatic rings. The van der Waals surface area contributed by atoms with Crippen molar-refractivity contribution in [2.45, 2.75) is 13.3 Å². The van der Waals surface area contributed by atoms with E-state index < -0.39 is 0 Å². The van der Waals surface area contributed by atoms with Gasteiger partial charge in [-0.1, -0.05) is 73.7 Å². The number of rotatable bonds is 3. The number of hydrogen-bond donors (Lipinski definition) is 0. The highest BCUT2D eigenvalue weighted by atomic mass is 14.2. The summed E-state index contributed by atoms with van der Waals surface area (Å²) in [7, 11) is 0. The number of allylic oxidation sites excluding steroid dienone is 1. The first kappa shape index (κ1) is 14.1. The third-order valence-electron chi connectivity index (χ3n) is 3.92. The molecule has 3 rings (SSSR count). The Balaban J connectivity index is 2.09. The number of nitriles is 1. The van der Waals surface area contributed by atoms with Gasteiger partial charge in [0.1, 0.15) is 0 Å². The Morgan fingerprint density at radius 2 is 1.68 bits per heavy atom. The summed E-state index contributed by atoms with van der Waals surface area (Å²) in [6.07, 6.45) is 2.98. The van der Waals surface area contributed by atoms with E-state index >= 15 is 0 Å². The van der Waals surface area contributed by atoms with Crippen LogP contribution in [-0.4, -0.2) is 0 Å². The predicted octanol–water partition coefficient (Wildman–Crippen LogP) is 5.47. The number of benzene rings is 3. The molecule has 0 fully saturated rings. The predicted molar refractivity (Wildman–Crippen MR) is 93.3 cm³/mol. The summed E-state index contributed by atoms with van der Waals surface area (Å²) in [5.74, 6) is 0. The number of aryl methyl sites for hydroxylation is 1. The molecule has 0 aliphatic carbocycles. The van der Waals surface area contributed by atoms with Crippen LogP contribution in [0.5, 0.6) is 0 Å². The Bertz CT molecular complexity index is 859. The van der Waals surface area contributed by atoms with Gasteiger partial charge in [-0.05, 0) is 40.0 Å². The standard InChI is InChI=1S/C21H17N/c1-2-16-10-12-17(13-11-16)20(15-22)14-19-8-5-7-18-6-3-4-9-21(18)19/h3-14H,2H2,1H3/b20-14-. The van der Waals surface area contributed by atoms with Crippen molar-refractivity contribution >= 4 is 22.4 Å². The van der Waals surface area contributed by atoms with Crippen LogP contribution in [0.1, 0.15) is 23.6 Å². The fourth-order valence-electron chi connectivity index (χ4n) is 2.63. The van der Waals surface area contributed by atoms with Crippen LogP contribution in [-0.2, 0) is 6.42 Å². The molecule has 0 aliphatic heterocycles. The first-order valence-electron chi connectivity index (χ1n) is 7.50. The van der Waals surface area contributed by atoms with E-state index in [0.717, 1.165) is 17.5 Å². The number of fused-ring (bicyclic) bond motifs is 1. The molecule has 0 aromatic heterocycles. The Labute approximate surface area is 131 Å². The highest BCUT2D eigenvalue weighted by Gasteiger charge is 2.03. The van der Waals surface area contributed by atoms with Crippen LogP contribution >= 0.6 is 0 Å². The van der Waals surface area contributed by atoms with E-state index in [1.165, 1.54) is 16.3 Å². The molecule has 0 N–H and O–H groups in total. The molecule has 0 saturated carbocycles. The van der Waals surface area contributed by atoms with Crippen LogP contribution in [0.3, 0.4) is 0 Å². The fourth-order valence-corrected chi connectivity index (χ4v) is 2.63. The van der Waals surface area contributed by atoms with Crippen molar-refractivity contribution in [3.63, 3.8) is 0 Å². The lowest BCUT2D eigenvalue weighted by Crippen LogP contribution is -1.85. The van der Waals surface area contributed by atoms with Crippen LogP contribution in [0.25, 0.3) is 22.4 Å². The average Bonchev–Trinajstić information content (AvgIpc) is 2.60. The highest BCUT2D eigenvalue weighted by Crippen LogP contribution is 2.24. The molecule has 3 aromatic carbocycles. The minimum Gasteiger partial charge on any atom is -0.192 e. The number of hydrogen-bond acceptors (Lipinski definition) is 1. The van der Waals surface area contributed by atoms with Crippen LogP contribution in [0.15, 0.2) is 66.7 Å². The molecule has 0 saturated heterocycles. The Morgan fingerprint density at radius 1 is 0.955 bits per heavy atom. The van der Waals surface area contributed by atoms with E-state index in [9.17, 15) is 5.26 Å². The van der Waals surface area contributed by atoms with E-state index in [1.54, 1.807) is 0 Å². The lowest BCUT2D eigenvalue weighted by molar-refractivity contribution is 1.14. The maximum absolute atomic E-state index is 9.52. The lowest BCUT2D eigenvalue weighted by Gasteiger charge is -2.05. The molecular formula is C21H17N. The molecule has 22 heavy (non-hydrogen) atoms. The van der Waals surface area contributed by atoms with Gasteiger partial charge >= 0.3 is 0 Å². The van der Waals surface area contributed by atoms with Crippen LogP contribution in [0.4, 0.5) is 0 Å². The van der Waals surface area contributed by atoms with Gasteiger partial charge in [0.05, 0.1) is 11.6 Å². The lowest BCUT2D eigenvalue weighted by atomic mass is 9.99. The molecular weight excluding hydrogens is 266 g/mol. The Morgan fingerprint density at radius 3 is 2.41 bits per heavy atom. The van der Waals surface area contributed by atoms with Gasteiger partial charge in [0.2, 0.25) is 0 Å². The third-order valence-corrected chi connectivity index (χ3v) is 3.92. The van der Waals surface area contributed by atoms with Crippen molar-refractivity contribution in [3.05, 3.63) is 83.4 Å². The van der Waals surface area contributed by atoms with E-state index in [0.29, 0.717) is 5.57 Å². The fraction of sp³-hybridized carbons (Fsp3) is 0.0952. The molecule has 0 amide bonds. The molecule has 0 atom stereocenters. The smallest absolute Gasteiger partial charge is 0.0998 e. The van der Waals surface area contributed by atoms with Gasteiger partial charge in [-0.2, -0.15) is 5.26 Å². The molecule has 0 radical (unpaired) electrons. The topological polar surface area (TPSA) is 23.8 Å². The summed E-state index contributed by atoms with van der Waals surface area (Å²) in [6, 6.07) is 25.0. The molecule has 0 unspecified atom stereocenters. The first-order chi connectivity index (χ1) is 10.8. The zero-order valence-electron chi connectivity index (χ0n) is 12.6. The summed E-state index contributed by atoms with van der Waals surface area (Å²) in [6.45, 7) is 2.13. The van der Waals surface area contributed by atoms with Crippen molar-refractivity contribution in [3.8, 4) is 6.07 Å². The first-order valence-corrected chi connectivity index (χ1v) is 7.50. The van der Waals surface area contributed by atoms with Gasteiger partial charge in [0.15, 0.2) is 0 Å². The second-order valence-corrected chi connectivity index (χ2v) is 5.29. The van der Waals surface area contributed by atoms with Crippen molar-refractivity contribution in [2.24, 2.45) is 0 Å². The normalized spacial score (nSPS) is 11.4. The van der Waals surface area contributed by atoms with Crippen molar-refractivity contribution < 1.29 is 0 Å². The second-order valence-electron chi connectivity index (χ2n) is 5.29. The van der Waals surface area contributed by atoms with E-state index in [2.05, 4.69) is 49.4 Å². The minimum atomic E-state index is 0.694. The molecule has 0 spiro atoms.